The lowest BCUT2D eigenvalue weighted by Crippen LogP contribution is -1.89. The first-order chi connectivity index (χ1) is 8.66. The molecule has 1 aromatic carbocycles. The van der Waals surface area contributed by atoms with Crippen LogP contribution in [0.2, 0.25) is 5.02 Å². The Hall–Kier alpha value is -1.39. The van der Waals surface area contributed by atoms with Gasteiger partial charge in [0.25, 0.3) is 0 Å². The van der Waals surface area contributed by atoms with Gasteiger partial charge in [-0.1, -0.05) is 17.7 Å². The number of pyridine rings is 1. The zero-order valence-electron chi connectivity index (χ0n) is 9.07. The maximum atomic E-state index is 13.2. The molecule has 0 atom stereocenters. The summed E-state index contributed by atoms with van der Waals surface area (Å²) in [6.07, 6.45) is 1.90. The molecule has 2 heterocycles. The molecule has 0 aliphatic rings. The fraction of sp³-hybridized carbons (Fsp3) is 0. The van der Waals surface area contributed by atoms with Gasteiger partial charge in [0.15, 0.2) is 0 Å². The van der Waals surface area contributed by atoms with Crippen molar-refractivity contribution in [2.75, 3.05) is 0 Å². The van der Waals surface area contributed by atoms with E-state index in [0.29, 0.717) is 0 Å². The lowest BCUT2D eigenvalue weighted by molar-refractivity contribution is 0.628. The standard InChI is InChI=1S/C13H7BrClFN2/c14-12-11-3-1-2-6-18(11)13(17-12)8-4-5-10(16)9(15)7-8/h1-7H. The van der Waals surface area contributed by atoms with Crippen molar-refractivity contribution in [2.45, 2.75) is 0 Å². The summed E-state index contributed by atoms with van der Waals surface area (Å²) in [5, 5.41) is 0.0938. The van der Waals surface area contributed by atoms with Crippen LogP contribution in [0.1, 0.15) is 0 Å². The van der Waals surface area contributed by atoms with Crippen LogP contribution in [0.25, 0.3) is 16.9 Å². The molecule has 18 heavy (non-hydrogen) atoms. The molecule has 0 bridgehead atoms. The van der Waals surface area contributed by atoms with Crippen molar-refractivity contribution in [1.29, 1.82) is 0 Å². The molecule has 0 saturated heterocycles. The predicted octanol–water partition coefficient (Wildman–Crippen LogP) is 4.56. The van der Waals surface area contributed by atoms with Crippen molar-refractivity contribution in [3.63, 3.8) is 0 Å². The molecular formula is C13H7BrClFN2. The van der Waals surface area contributed by atoms with Crippen LogP contribution < -0.4 is 0 Å². The third kappa shape index (κ3) is 1.82. The zero-order valence-corrected chi connectivity index (χ0v) is 11.4. The van der Waals surface area contributed by atoms with Gasteiger partial charge in [0, 0.05) is 11.8 Å². The van der Waals surface area contributed by atoms with E-state index in [1.165, 1.54) is 6.07 Å². The number of benzene rings is 1. The van der Waals surface area contributed by atoms with Gasteiger partial charge in [-0.15, -0.1) is 0 Å². The van der Waals surface area contributed by atoms with Gasteiger partial charge in [-0.2, -0.15) is 0 Å². The smallest absolute Gasteiger partial charge is 0.145 e. The fourth-order valence-corrected chi connectivity index (χ4v) is 2.51. The van der Waals surface area contributed by atoms with Crippen molar-refractivity contribution in [1.82, 2.24) is 9.38 Å². The van der Waals surface area contributed by atoms with Crippen molar-refractivity contribution < 1.29 is 4.39 Å². The number of hydrogen-bond donors (Lipinski definition) is 0. The summed E-state index contributed by atoms with van der Waals surface area (Å²) in [5.74, 6) is 0.291. The summed E-state index contributed by atoms with van der Waals surface area (Å²) in [7, 11) is 0. The Labute approximate surface area is 116 Å². The van der Waals surface area contributed by atoms with E-state index in [1.54, 1.807) is 12.1 Å². The van der Waals surface area contributed by atoms with E-state index in [2.05, 4.69) is 20.9 Å². The largest absolute Gasteiger partial charge is 0.299 e. The summed E-state index contributed by atoms with van der Waals surface area (Å²) >= 11 is 9.21. The fourth-order valence-electron chi connectivity index (χ4n) is 1.84. The van der Waals surface area contributed by atoms with E-state index >= 15 is 0 Å². The second-order valence-corrected chi connectivity index (χ2v) is 4.97. The minimum Gasteiger partial charge on any atom is -0.299 e. The molecule has 0 amide bonds. The van der Waals surface area contributed by atoms with Crippen LogP contribution in [-0.2, 0) is 0 Å². The minimum absolute atomic E-state index is 0.0938. The number of rotatable bonds is 1. The van der Waals surface area contributed by atoms with E-state index in [9.17, 15) is 4.39 Å². The van der Waals surface area contributed by atoms with Crippen LogP contribution in [-0.4, -0.2) is 9.38 Å². The molecule has 0 aliphatic heterocycles. The lowest BCUT2D eigenvalue weighted by Gasteiger charge is -2.02. The molecule has 3 rings (SSSR count). The first-order valence-electron chi connectivity index (χ1n) is 5.25. The normalized spacial score (nSPS) is 11.1. The summed E-state index contributed by atoms with van der Waals surface area (Å²) < 4.78 is 15.8. The van der Waals surface area contributed by atoms with Crippen molar-refractivity contribution >= 4 is 33.0 Å². The van der Waals surface area contributed by atoms with Gasteiger partial charge in [-0.25, -0.2) is 9.37 Å². The lowest BCUT2D eigenvalue weighted by atomic mass is 10.2. The molecule has 0 radical (unpaired) electrons. The first kappa shape index (κ1) is 11.7. The topological polar surface area (TPSA) is 17.3 Å². The quantitative estimate of drug-likeness (QED) is 0.641. The van der Waals surface area contributed by atoms with E-state index in [1.807, 2.05) is 28.8 Å². The van der Waals surface area contributed by atoms with E-state index in [4.69, 9.17) is 11.6 Å². The number of nitrogens with zero attached hydrogens (tertiary/aromatic N) is 2. The number of imidazole rings is 1. The highest BCUT2D eigenvalue weighted by molar-refractivity contribution is 9.10. The Morgan fingerprint density at radius 2 is 2.06 bits per heavy atom. The first-order valence-corrected chi connectivity index (χ1v) is 6.42. The average molecular weight is 326 g/mol. The van der Waals surface area contributed by atoms with Gasteiger partial charge < -0.3 is 0 Å². The highest BCUT2D eigenvalue weighted by atomic mass is 79.9. The van der Waals surface area contributed by atoms with Crippen molar-refractivity contribution in [3.05, 3.63) is 58.0 Å². The summed E-state index contributed by atoms with van der Waals surface area (Å²) in [6, 6.07) is 10.4. The second kappa shape index (κ2) is 4.37. The van der Waals surface area contributed by atoms with E-state index in [0.717, 1.165) is 21.5 Å². The molecule has 3 aromatic rings. The van der Waals surface area contributed by atoms with Crippen LogP contribution in [0.4, 0.5) is 4.39 Å². The second-order valence-electron chi connectivity index (χ2n) is 3.81. The Morgan fingerprint density at radius 3 is 2.83 bits per heavy atom. The van der Waals surface area contributed by atoms with Gasteiger partial charge in [0.2, 0.25) is 0 Å². The molecule has 2 nitrogen and oxygen atoms in total. The summed E-state index contributed by atoms with van der Waals surface area (Å²) in [6.45, 7) is 0. The summed E-state index contributed by atoms with van der Waals surface area (Å²) in [5.41, 5.74) is 1.72. The van der Waals surface area contributed by atoms with Crippen molar-refractivity contribution in [2.24, 2.45) is 0 Å². The van der Waals surface area contributed by atoms with Crippen LogP contribution >= 0.6 is 27.5 Å². The van der Waals surface area contributed by atoms with Gasteiger partial charge in [0.1, 0.15) is 16.2 Å². The molecule has 0 saturated carbocycles. The van der Waals surface area contributed by atoms with E-state index in [-0.39, 0.29) is 5.02 Å². The molecule has 90 valence electrons. The van der Waals surface area contributed by atoms with Gasteiger partial charge >= 0.3 is 0 Å². The molecule has 0 spiro atoms. The van der Waals surface area contributed by atoms with Crippen LogP contribution in [0.5, 0.6) is 0 Å². The number of fused-ring (bicyclic) bond motifs is 1. The van der Waals surface area contributed by atoms with Crippen molar-refractivity contribution in [3.8, 4) is 11.4 Å². The number of halogens is 3. The average Bonchev–Trinajstić information content (AvgIpc) is 2.71. The van der Waals surface area contributed by atoms with E-state index < -0.39 is 5.82 Å². The Bertz CT molecular complexity index is 739. The Morgan fingerprint density at radius 1 is 1.22 bits per heavy atom. The van der Waals surface area contributed by atoms with Crippen LogP contribution in [0.3, 0.4) is 0 Å². The molecular weight excluding hydrogens is 319 g/mol. The molecule has 0 unspecified atom stereocenters. The number of aromatic nitrogens is 2. The molecule has 0 aliphatic carbocycles. The molecule has 5 heteroatoms. The minimum atomic E-state index is -0.430. The molecule has 0 N–H and O–H groups in total. The SMILES string of the molecule is Fc1ccc(-c2nc(Br)c3ccccn23)cc1Cl. The highest BCUT2D eigenvalue weighted by Crippen LogP contribution is 2.28. The monoisotopic (exact) mass is 324 g/mol. The van der Waals surface area contributed by atoms with Crippen LogP contribution in [0.15, 0.2) is 47.2 Å². The van der Waals surface area contributed by atoms with Crippen LogP contribution in [0, 0.1) is 5.82 Å². The zero-order chi connectivity index (χ0) is 12.7. The highest BCUT2D eigenvalue weighted by Gasteiger charge is 2.11. The maximum Gasteiger partial charge on any atom is 0.145 e. The molecule has 2 aromatic heterocycles. The van der Waals surface area contributed by atoms with Gasteiger partial charge in [-0.3, -0.25) is 4.40 Å². The predicted molar refractivity (Wildman–Crippen MR) is 73.3 cm³/mol. The van der Waals surface area contributed by atoms with Gasteiger partial charge in [0.05, 0.1) is 10.5 Å². The third-order valence-corrected chi connectivity index (χ3v) is 3.55. The maximum absolute atomic E-state index is 13.2. The van der Waals surface area contributed by atoms with Gasteiger partial charge in [-0.05, 0) is 46.3 Å². The Balaban J connectivity index is 2.28. The summed E-state index contributed by atoms with van der Waals surface area (Å²) in [4.78, 5) is 4.43. The molecule has 0 fully saturated rings. The number of hydrogen-bond acceptors (Lipinski definition) is 1. The Kier molecular flexibility index (Phi) is 2.84. The third-order valence-electron chi connectivity index (χ3n) is 2.68.